The van der Waals surface area contributed by atoms with Gasteiger partial charge in [-0.2, -0.15) is 0 Å². The number of primary amides is 1. The van der Waals surface area contributed by atoms with E-state index in [1.54, 1.807) is 4.90 Å². The van der Waals surface area contributed by atoms with E-state index in [4.69, 9.17) is 5.73 Å². The van der Waals surface area contributed by atoms with E-state index in [0.717, 1.165) is 12.8 Å². The van der Waals surface area contributed by atoms with E-state index in [1.807, 2.05) is 12.2 Å². The number of carboxylic acids is 1. The first kappa shape index (κ1) is 14.4. The van der Waals surface area contributed by atoms with Gasteiger partial charge in [0, 0.05) is 13.0 Å². The van der Waals surface area contributed by atoms with Crippen LogP contribution in [0.4, 0.5) is 4.79 Å². The molecule has 3 amide bonds. The molecule has 1 aliphatic heterocycles. The third kappa shape index (κ3) is 3.99. The maximum absolute atomic E-state index is 11.3. The van der Waals surface area contributed by atoms with Gasteiger partial charge in [0.2, 0.25) is 5.91 Å². The van der Waals surface area contributed by atoms with Crippen molar-refractivity contribution in [3.8, 4) is 0 Å². The first-order valence-corrected chi connectivity index (χ1v) is 5.98. The maximum Gasteiger partial charge on any atom is 0.321 e. The number of nitrogens with two attached hydrogens (primary N) is 1. The number of piperidine rings is 1. The van der Waals surface area contributed by atoms with E-state index in [1.165, 1.54) is 0 Å². The maximum atomic E-state index is 11.3. The van der Waals surface area contributed by atoms with Crippen LogP contribution in [0.5, 0.6) is 0 Å². The van der Waals surface area contributed by atoms with Gasteiger partial charge in [-0.05, 0) is 25.3 Å². The molecule has 1 saturated heterocycles. The topological polar surface area (TPSA) is 113 Å². The zero-order valence-electron chi connectivity index (χ0n) is 10.4. The number of likely N-dealkylation sites (tertiary alicyclic amines) is 1. The number of nitrogens with zero attached hydrogens (tertiary/aromatic N) is 1. The van der Waals surface area contributed by atoms with Crippen molar-refractivity contribution in [3.05, 3.63) is 0 Å². The number of nitrogens with one attached hydrogen (secondary N) is 1. The molecule has 1 heterocycles. The summed E-state index contributed by atoms with van der Waals surface area (Å²) in [5, 5.41) is 11.1. The highest BCUT2D eigenvalue weighted by molar-refractivity contribution is 5.93. The average Bonchev–Trinajstić information content (AvgIpc) is 2.24. The van der Waals surface area contributed by atoms with Crippen LogP contribution in [0.2, 0.25) is 0 Å². The lowest BCUT2D eigenvalue weighted by Crippen LogP contribution is -2.50. The van der Waals surface area contributed by atoms with Crippen molar-refractivity contribution in [1.82, 2.24) is 10.2 Å². The van der Waals surface area contributed by atoms with Crippen molar-refractivity contribution in [2.75, 3.05) is 13.1 Å². The minimum Gasteiger partial charge on any atom is -0.480 e. The molecule has 2 unspecified atom stereocenters. The summed E-state index contributed by atoms with van der Waals surface area (Å²) in [6.45, 7) is 2.88. The molecule has 1 fully saturated rings. The number of rotatable bonds is 4. The van der Waals surface area contributed by atoms with Crippen molar-refractivity contribution in [2.24, 2.45) is 11.7 Å². The third-order valence-electron chi connectivity index (χ3n) is 3.18. The Hall–Kier alpha value is -1.63. The second-order valence-electron chi connectivity index (χ2n) is 4.60. The van der Waals surface area contributed by atoms with Gasteiger partial charge in [-0.15, -0.1) is 0 Å². The molecule has 0 aromatic rings. The Labute approximate surface area is 105 Å². The van der Waals surface area contributed by atoms with Gasteiger partial charge in [-0.3, -0.25) is 19.8 Å². The molecule has 0 aliphatic carbocycles. The molecule has 1 aliphatic rings. The molecule has 0 radical (unpaired) electrons. The lowest BCUT2D eigenvalue weighted by molar-refractivity contribution is -0.147. The molecular weight excluding hydrogens is 238 g/mol. The summed E-state index contributed by atoms with van der Waals surface area (Å²) in [5.74, 6) is -1.28. The van der Waals surface area contributed by atoms with Gasteiger partial charge in [0.15, 0.2) is 0 Å². The highest BCUT2D eigenvalue weighted by Crippen LogP contribution is 2.23. The molecule has 2 atom stereocenters. The van der Waals surface area contributed by atoms with Crippen LogP contribution in [-0.4, -0.2) is 47.0 Å². The predicted octanol–water partition coefficient (Wildman–Crippen LogP) is -0.243. The van der Waals surface area contributed by atoms with Crippen LogP contribution in [0.15, 0.2) is 0 Å². The highest BCUT2D eigenvalue weighted by atomic mass is 16.4. The number of hydrogen-bond donors (Lipinski definition) is 3. The number of amides is 3. The molecule has 0 spiro atoms. The molecule has 18 heavy (non-hydrogen) atoms. The number of carboxylic acid groups (broad SMARTS) is 1. The second-order valence-corrected chi connectivity index (χ2v) is 4.60. The van der Waals surface area contributed by atoms with E-state index in [0.29, 0.717) is 13.1 Å². The number of carbonyl (C=O) groups excluding carboxylic acids is 2. The van der Waals surface area contributed by atoms with Gasteiger partial charge < -0.3 is 10.8 Å². The number of imide groups is 1. The van der Waals surface area contributed by atoms with Gasteiger partial charge in [0.1, 0.15) is 6.04 Å². The van der Waals surface area contributed by atoms with Crippen molar-refractivity contribution in [1.29, 1.82) is 0 Å². The fourth-order valence-electron chi connectivity index (χ4n) is 2.37. The van der Waals surface area contributed by atoms with Gasteiger partial charge in [-0.1, -0.05) is 6.92 Å². The van der Waals surface area contributed by atoms with Crippen LogP contribution in [0, 0.1) is 5.92 Å². The molecule has 0 saturated carbocycles. The lowest BCUT2D eigenvalue weighted by Gasteiger charge is -2.37. The van der Waals surface area contributed by atoms with E-state index in [9.17, 15) is 19.5 Å². The van der Waals surface area contributed by atoms with Gasteiger partial charge in [0.05, 0.1) is 0 Å². The summed E-state index contributed by atoms with van der Waals surface area (Å²) < 4.78 is 0. The summed E-state index contributed by atoms with van der Waals surface area (Å²) in [5.41, 5.74) is 4.82. The quantitative estimate of drug-likeness (QED) is 0.643. The van der Waals surface area contributed by atoms with Crippen LogP contribution in [0.25, 0.3) is 0 Å². The molecule has 102 valence electrons. The van der Waals surface area contributed by atoms with Gasteiger partial charge >= 0.3 is 12.0 Å². The minimum atomic E-state index is -0.887. The highest BCUT2D eigenvalue weighted by Gasteiger charge is 2.33. The Morgan fingerprint density at radius 3 is 2.67 bits per heavy atom. The molecule has 0 aromatic carbocycles. The number of aliphatic carboxylic acids is 1. The van der Waals surface area contributed by atoms with Crippen LogP contribution in [0.3, 0.4) is 0 Å². The van der Waals surface area contributed by atoms with Crippen molar-refractivity contribution < 1.29 is 19.5 Å². The Kier molecular flexibility index (Phi) is 5.08. The molecule has 4 N–H and O–H groups in total. The summed E-state index contributed by atoms with van der Waals surface area (Å²) in [6, 6.07) is -1.44. The molecule has 0 aromatic heterocycles. The number of urea groups is 1. The summed E-state index contributed by atoms with van der Waals surface area (Å²) >= 11 is 0. The van der Waals surface area contributed by atoms with Gasteiger partial charge in [0.25, 0.3) is 0 Å². The van der Waals surface area contributed by atoms with Crippen molar-refractivity contribution >= 4 is 17.9 Å². The van der Waals surface area contributed by atoms with E-state index in [-0.39, 0.29) is 12.3 Å². The van der Waals surface area contributed by atoms with Crippen LogP contribution < -0.4 is 11.1 Å². The predicted molar refractivity (Wildman–Crippen MR) is 63.7 cm³/mol. The van der Waals surface area contributed by atoms with Crippen molar-refractivity contribution in [3.63, 3.8) is 0 Å². The van der Waals surface area contributed by atoms with Crippen LogP contribution in [-0.2, 0) is 9.59 Å². The molecule has 1 rings (SSSR count). The minimum absolute atomic E-state index is 0.0652. The monoisotopic (exact) mass is 257 g/mol. The standard InChI is InChI=1S/C11H19N3O4/c1-7-3-2-5-14(9(7)10(16)17)6-4-8(15)13-11(12)18/h7,9H,2-6H2,1H3,(H,16,17)(H3,12,13,15,18). The fraction of sp³-hybridized carbons (Fsp3) is 0.727. The molecule has 7 nitrogen and oxygen atoms in total. The molecule has 7 heteroatoms. The zero-order chi connectivity index (χ0) is 13.7. The SMILES string of the molecule is CC1CCCN(CCC(=O)NC(N)=O)C1C(=O)O. The van der Waals surface area contributed by atoms with Gasteiger partial charge in [-0.25, -0.2) is 4.79 Å². The average molecular weight is 257 g/mol. The Balaban J connectivity index is 2.50. The normalized spacial score (nSPS) is 24.5. The van der Waals surface area contributed by atoms with Crippen molar-refractivity contribution in [2.45, 2.75) is 32.2 Å². The fourth-order valence-corrected chi connectivity index (χ4v) is 2.37. The Morgan fingerprint density at radius 2 is 2.11 bits per heavy atom. The van der Waals surface area contributed by atoms with Crippen LogP contribution >= 0.6 is 0 Å². The van der Waals surface area contributed by atoms with E-state index >= 15 is 0 Å². The van der Waals surface area contributed by atoms with Crippen LogP contribution in [0.1, 0.15) is 26.2 Å². The van der Waals surface area contributed by atoms with E-state index in [2.05, 4.69) is 0 Å². The summed E-state index contributed by atoms with van der Waals surface area (Å²) in [6.07, 6.45) is 1.86. The largest absolute Gasteiger partial charge is 0.480 e. The zero-order valence-corrected chi connectivity index (χ0v) is 10.4. The first-order chi connectivity index (χ1) is 8.41. The third-order valence-corrected chi connectivity index (χ3v) is 3.18. The molecular formula is C11H19N3O4. The first-order valence-electron chi connectivity index (χ1n) is 5.98. The second kappa shape index (κ2) is 6.34. The lowest BCUT2D eigenvalue weighted by atomic mass is 9.90. The summed E-state index contributed by atoms with van der Waals surface area (Å²) in [4.78, 5) is 34.7. The molecule has 0 bridgehead atoms. The smallest absolute Gasteiger partial charge is 0.321 e. The number of hydrogen-bond acceptors (Lipinski definition) is 4. The summed E-state index contributed by atoms with van der Waals surface area (Å²) in [7, 11) is 0. The van der Waals surface area contributed by atoms with E-state index < -0.39 is 23.9 Å². The number of carbonyl (C=O) groups is 3. The Bertz CT molecular complexity index is 345. The Morgan fingerprint density at radius 1 is 1.44 bits per heavy atom.